The minimum absolute atomic E-state index is 0.439. The molecule has 0 aromatic heterocycles. The third-order valence-electron chi connectivity index (χ3n) is 1.79. The van der Waals surface area contributed by atoms with E-state index in [1.165, 1.54) is 0 Å². The Morgan fingerprint density at radius 2 is 2.00 bits per heavy atom. The summed E-state index contributed by atoms with van der Waals surface area (Å²) in [6, 6.07) is 5.80. The molecular formula is C10H9Br3O. The van der Waals surface area contributed by atoms with Gasteiger partial charge < -0.3 is 4.74 Å². The monoisotopic (exact) mass is 382 g/mol. The van der Waals surface area contributed by atoms with Gasteiger partial charge in [0, 0.05) is 5.56 Å². The molecule has 1 aromatic carbocycles. The van der Waals surface area contributed by atoms with Crippen molar-refractivity contribution in [3.8, 4) is 5.75 Å². The summed E-state index contributed by atoms with van der Waals surface area (Å²) in [7, 11) is 1.64. The molecule has 0 unspecified atom stereocenters. The lowest BCUT2D eigenvalue weighted by Gasteiger charge is -2.16. The number of ether oxygens (including phenoxy) is 1. The first-order valence-corrected chi connectivity index (χ1v) is 6.24. The Labute approximate surface area is 109 Å². The zero-order valence-corrected chi connectivity index (χ0v) is 12.3. The quantitative estimate of drug-likeness (QED) is 0.675. The Kier molecular flexibility index (Phi) is 4.22. The Morgan fingerprint density at radius 3 is 2.43 bits per heavy atom. The van der Waals surface area contributed by atoms with E-state index in [9.17, 15) is 0 Å². The lowest BCUT2D eigenvalue weighted by Crippen LogP contribution is -2.01. The van der Waals surface area contributed by atoms with E-state index in [0.29, 0.717) is 0 Å². The van der Waals surface area contributed by atoms with Gasteiger partial charge in [-0.05, 0) is 17.7 Å². The molecule has 0 saturated carbocycles. The first-order valence-electron chi connectivity index (χ1n) is 3.86. The standard InChI is InChI=1S/C10H9Br3O/c1-3-7-4-5-8(14-2)6-9(7)10(11,12)13/h3-6H,1H2,2H3. The number of methoxy groups -OCH3 is 1. The summed E-state index contributed by atoms with van der Waals surface area (Å²) < 4.78 is 4.71. The van der Waals surface area contributed by atoms with E-state index in [0.717, 1.165) is 16.9 Å². The van der Waals surface area contributed by atoms with E-state index in [-0.39, 0.29) is 0 Å². The van der Waals surface area contributed by atoms with Gasteiger partial charge in [0.15, 0.2) is 2.14 Å². The summed E-state index contributed by atoms with van der Waals surface area (Å²) in [5, 5.41) is 0. The molecule has 0 aliphatic carbocycles. The topological polar surface area (TPSA) is 9.23 Å². The Bertz CT molecular complexity index is 342. The van der Waals surface area contributed by atoms with Crippen molar-refractivity contribution in [1.29, 1.82) is 0 Å². The van der Waals surface area contributed by atoms with Gasteiger partial charge in [-0.15, -0.1) is 0 Å². The van der Waals surface area contributed by atoms with Crippen molar-refractivity contribution in [2.75, 3.05) is 7.11 Å². The van der Waals surface area contributed by atoms with Crippen molar-refractivity contribution in [3.63, 3.8) is 0 Å². The van der Waals surface area contributed by atoms with Gasteiger partial charge in [-0.25, -0.2) is 0 Å². The number of benzene rings is 1. The summed E-state index contributed by atoms with van der Waals surface area (Å²) in [5.74, 6) is 0.813. The molecule has 1 nitrogen and oxygen atoms in total. The highest BCUT2D eigenvalue weighted by Gasteiger charge is 2.23. The third-order valence-corrected chi connectivity index (χ3v) is 3.07. The summed E-state index contributed by atoms with van der Waals surface area (Å²) in [4.78, 5) is 0. The van der Waals surface area contributed by atoms with E-state index in [1.807, 2.05) is 18.2 Å². The normalized spacial score (nSPS) is 11.1. The number of hydrogen-bond acceptors (Lipinski definition) is 1. The van der Waals surface area contributed by atoms with Gasteiger partial charge in [-0.1, -0.05) is 66.5 Å². The Hall–Kier alpha value is 0.200. The molecular weight excluding hydrogens is 376 g/mol. The lowest BCUT2D eigenvalue weighted by molar-refractivity contribution is 0.414. The Morgan fingerprint density at radius 1 is 1.36 bits per heavy atom. The largest absolute Gasteiger partial charge is 0.497 e. The first kappa shape index (κ1) is 12.3. The summed E-state index contributed by atoms with van der Waals surface area (Å²) in [6.45, 7) is 3.76. The molecule has 0 N–H and O–H groups in total. The summed E-state index contributed by atoms with van der Waals surface area (Å²) in [6.07, 6.45) is 1.80. The van der Waals surface area contributed by atoms with Crippen LogP contribution in [0.1, 0.15) is 11.1 Å². The average molecular weight is 385 g/mol. The number of hydrogen-bond donors (Lipinski definition) is 0. The second kappa shape index (κ2) is 4.81. The average Bonchev–Trinajstić information content (AvgIpc) is 2.15. The molecule has 0 saturated heterocycles. The molecule has 0 atom stereocenters. The molecule has 1 aromatic rings. The van der Waals surface area contributed by atoms with Crippen LogP contribution in [0.5, 0.6) is 5.75 Å². The number of halogens is 3. The van der Waals surface area contributed by atoms with Crippen LogP contribution in [-0.4, -0.2) is 7.11 Å². The second-order valence-corrected chi connectivity index (χ2v) is 9.42. The molecule has 0 bridgehead atoms. The molecule has 0 spiro atoms. The molecule has 1 rings (SSSR count). The maximum absolute atomic E-state index is 5.15. The van der Waals surface area contributed by atoms with Crippen LogP contribution in [-0.2, 0) is 2.14 Å². The second-order valence-electron chi connectivity index (χ2n) is 2.66. The number of alkyl halides is 3. The van der Waals surface area contributed by atoms with Gasteiger partial charge in [0.1, 0.15) is 5.75 Å². The highest BCUT2D eigenvalue weighted by Crippen LogP contribution is 2.46. The van der Waals surface area contributed by atoms with Gasteiger partial charge in [0.2, 0.25) is 0 Å². The lowest BCUT2D eigenvalue weighted by atomic mass is 10.1. The van der Waals surface area contributed by atoms with Crippen molar-refractivity contribution in [2.24, 2.45) is 0 Å². The van der Waals surface area contributed by atoms with Crippen molar-refractivity contribution in [1.82, 2.24) is 0 Å². The highest BCUT2D eigenvalue weighted by atomic mass is 80.0. The minimum atomic E-state index is -0.439. The van der Waals surface area contributed by atoms with Gasteiger partial charge >= 0.3 is 0 Å². The first-order chi connectivity index (χ1) is 6.49. The SMILES string of the molecule is C=Cc1ccc(OC)cc1C(Br)(Br)Br. The van der Waals surface area contributed by atoms with Crippen molar-refractivity contribution in [3.05, 3.63) is 35.9 Å². The van der Waals surface area contributed by atoms with Crippen LogP contribution in [0.3, 0.4) is 0 Å². The maximum Gasteiger partial charge on any atom is 0.160 e. The number of rotatable bonds is 2. The van der Waals surface area contributed by atoms with Crippen LogP contribution in [0.15, 0.2) is 24.8 Å². The molecule has 0 heterocycles. The van der Waals surface area contributed by atoms with Crippen molar-refractivity contribution in [2.45, 2.75) is 2.14 Å². The van der Waals surface area contributed by atoms with Gasteiger partial charge in [-0.3, -0.25) is 0 Å². The van der Waals surface area contributed by atoms with Crippen LogP contribution < -0.4 is 4.74 Å². The smallest absolute Gasteiger partial charge is 0.160 e. The minimum Gasteiger partial charge on any atom is -0.497 e. The zero-order chi connectivity index (χ0) is 10.8. The van der Waals surface area contributed by atoms with E-state index >= 15 is 0 Å². The highest BCUT2D eigenvalue weighted by molar-refractivity contribution is 9.38. The molecule has 76 valence electrons. The molecule has 0 aliphatic heterocycles. The van der Waals surface area contributed by atoms with Crippen LogP contribution in [0.2, 0.25) is 0 Å². The van der Waals surface area contributed by atoms with E-state index in [1.54, 1.807) is 13.2 Å². The molecule has 0 fully saturated rings. The van der Waals surface area contributed by atoms with Crippen LogP contribution in [0.25, 0.3) is 6.08 Å². The fraction of sp³-hybridized carbons (Fsp3) is 0.200. The molecule has 0 aliphatic rings. The molecule has 4 heteroatoms. The van der Waals surface area contributed by atoms with Gasteiger partial charge in [-0.2, -0.15) is 0 Å². The summed E-state index contributed by atoms with van der Waals surface area (Å²) in [5.41, 5.74) is 2.06. The predicted octanol–water partition coefficient (Wildman–Crippen LogP) is 4.63. The van der Waals surface area contributed by atoms with E-state index < -0.39 is 2.14 Å². The summed E-state index contributed by atoms with van der Waals surface area (Å²) >= 11 is 10.4. The van der Waals surface area contributed by atoms with Gasteiger partial charge in [0.25, 0.3) is 0 Å². The van der Waals surface area contributed by atoms with E-state index in [4.69, 9.17) is 4.74 Å². The molecule has 0 amide bonds. The van der Waals surface area contributed by atoms with Crippen LogP contribution in [0.4, 0.5) is 0 Å². The van der Waals surface area contributed by atoms with Crippen LogP contribution in [0, 0.1) is 0 Å². The zero-order valence-electron chi connectivity index (χ0n) is 7.56. The fourth-order valence-electron chi connectivity index (χ4n) is 1.09. The van der Waals surface area contributed by atoms with Crippen molar-refractivity contribution < 1.29 is 4.74 Å². The fourth-order valence-corrected chi connectivity index (χ4v) is 2.12. The maximum atomic E-state index is 5.15. The van der Waals surface area contributed by atoms with Gasteiger partial charge in [0.05, 0.1) is 7.11 Å². The third kappa shape index (κ3) is 2.84. The van der Waals surface area contributed by atoms with E-state index in [2.05, 4.69) is 54.4 Å². The molecule has 0 radical (unpaired) electrons. The molecule has 14 heavy (non-hydrogen) atoms. The Balaban J connectivity index is 3.29. The predicted molar refractivity (Wildman–Crippen MR) is 71.5 cm³/mol. The van der Waals surface area contributed by atoms with Crippen molar-refractivity contribution >= 4 is 53.9 Å². The van der Waals surface area contributed by atoms with Crippen LogP contribution >= 0.6 is 47.8 Å².